The number of nitrogens with zero attached hydrogens (tertiary/aromatic N) is 5. The summed E-state index contributed by atoms with van der Waals surface area (Å²) >= 11 is 0. The molecule has 12 nitrogen and oxygen atoms in total. The van der Waals surface area contributed by atoms with Gasteiger partial charge in [0.1, 0.15) is 17.9 Å². The van der Waals surface area contributed by atoms with Gasteiger partial charge >= 0.3 is 5.97 Å². The topological polar surface area (TPSA) is 121 Å². The van der Waals surface area contributed by atoms with Crippen molar-refractivity contribution in [3.8, 4) is 5.75 Å². The van der Waals surface area contributed by atoms with Gasteiger partial charge in [-0.1, -0.05) is 25.6 Å². The molecule has 1 fully saturated rings. The molecule has 1 amide bonds. The van der Waals surface area contributed by atoms with Gasteiger partial charge in [0.25, 0.3) is 0 Å². The number of nitrogens with one attached hydrogen (secondary N) is 2. The summed E-state index contributed by atoms with van der Waals surface area (Å²) in [6.07, 6.45) is 3.97. The van der Waals surface area contributed by atoms with E-state index >= 15 is 0 Å². The molecule has 12 heteroatoms. The first-order chi connectivity index (χ1) is 21.6. The Morgan fingerprint density at radius 1 is 1.16 bits per heavy atom. The number of rotatable bonds is 14. The summed E-state index contributed by atoms with van der Waals surface area (Å²) in [5.74, 6) is 0.926. The molecule has 0 saturated carbocycles. The first-order valence-electron chi connectivity index (χ1n) is 15.0. The zero-order chi connectivity index (χ0) is 32.5. The average Bonchev–Trinajstić information content (AvgIpc) is 3.54. The summed E-state index contributed by atoms with van der Waals surface area (Å²) in [5, 5.41) is 7.96. The van der Waals surface area contributed by atoms with Gasteiger partial charge in [-0.2, -0.15) is 0 Å². The van der Waals surface area contributed by atoms with Crippen LogP contribution >= 0.6 is 0 Å². The van der Waals surface area contributed by atoms with Crippen molar-refractivity contribution in [1.82, 2.24) is 14.9 Å². The van der Waals surface area contributed by atoms with Gasteiger partial charge in [-0.3, -0.25) is 9.63 Å². The first-order valence-corrected chi connectivity index (χ1v) is 15.0. The van der Waals surface area contributed by atoms with Crippen molar-refractivity contribution in [3.05, 3.63) is 72.6 Å². The SMILES string of the molecule is C=CC(=O)Nc1cc(Nc2cc(N3OCCC3c3cccc(C(=O)OC(C)CC)c3)ncn2)c(OC)cc1N(C)CCN(C)C. The van der Waals surface area contributed by atoms with Crippen LogP contribution in [0.15, 0.2) is 61.4 Å². The number of amides is 1. The van der Waals surface area contributed by atoms with Gasteiger partial charge in [-0.05, 0) is 57.3 Å². The third-order valence-electron chi connectivity index (χ3n) is 7.49. The van der Waals surface area contributed by atoms with Crippen molar-refractivity contribution in [1.29, 1.82) is 0 Å². The lowest BCUT2D eigenvalue weighted by atomic mass is 10.0. The van der Waals surface area contributed by atoms with Gasteiger partial charge in [0.15, 0.2) is 5.82 Å². The predicted molar refractivity (Wildman–Crippen MR) is 176 cm³/mol. The van der Waals surface area contributed by atoms with Crippen LogP contribution in [0.4, 0.5) is 28.7 Å². The number of carbonyl (C=O) groups excluding carboxylic acids is 2. The zero-order valence-corrected chi connectivity index (χ0v) is 26.9. The molecular weight excluding hydrogens is 574 g/mol. The number of anilines is 5. The van der Waals surface area contributed by atoms with Crippen molar-refractivity contribution >= 4 is 40.6 Å². The number of aromatic nitrogens is 2. The highest BCUT2D eigenvalue weighted by atomic mass is 16.7. The number of hydroxylamine groups is 1. The van der Waals surface area contributed by atoms with Crippen molar-refractivity contribution in [3.63, 3.8) is 0 Å². The van der Waals surface area contributed by atoms with Gasteiger partial charge in [-0.15, -0.1) is 0 Å². The van der Waals surface area contributed by atoms with Crippen LogP contribution in [0.5, 0.6) is 5.75 Å². The van der Waals surface area contributed by atoms with E-state index in [1.807, 2.05) is 65.3 Å². The molecule has 4 rings (SSSR count). The molecule has 45 heavy (non-hydrogen) atoms. The fraction of sp³-hybridized carbons (Fsp3) is 0.394. The van der Waals surface area contributed by atoms with Gasteiger partial charge in [-0.25, -0.2) is 19.8 Å². The fourth-order valence-electron chi connectivity index (χ4n) is 4.78. The Kier molecular flexibility index (Phi) is 11.3. The summed E-state index contributed by atoms with van der Waals surface area (Å²) in [6.45, 7) is 9.48. The van der Waals surface area contributed by atoms with Gasteiger partial charge in [0.05, 0.1) is 48.5 Å². The second-order valence-electron chi connectivity index (χ2n) is 11.1. The molecule has 2 N–H and O–H groups in total. The Morgan fingerprint density at radius 3 is 2.67 bits per heavy atom. The van der Waals surface area contributed by atoms with E-state index in [0.717, 1.165) is 30.8 Å². The number of likely N-dealkylation sites (N-methyl/N-ethyl adjacent to an activating group) is 2. The number of hydrogen-bond acceptors (Lipinski definition) is 11. The number of benzene rings is 2. The van der Waals surface area contributed by atoms with Crippen LogP contribution in [-0.2, 0) is 14.4 Å². The van der Waals surface area contributed by atoms with E-state index in [4.69, 9.17) is 14.3 Å². The van der Waals surface area contributed by atoms with Crippen LogP contribution in [0.2, 0.25) is 0 Å². The molecule has 2 unspecified atom stereocenters. The number of esters is 1. The maximum atomic E-state index is 12.7. The van der Waals surface area contributed by atoms with Crippen molar-refractivity contribution in [2.24, 2.45) is 0 Å². The zero-order valence-electron chi connectivity index (χ0n) is 26.9. The quantitative estimate of drug-likeness (QED) is 0.184. The monoisotopic (exact) mass is 617 g/mol. The van der Waals surface area contributed by atoms with E-state index in [1.165, 1.54) is 12.4 Å². The molecule has 1 saturated heterocycles. The van der Waals surface area contributed by atoms with Gasteiger partial charge in [0.2, 0.25) is 5.91 Å². The number of carbonyl (C=O) groups is 2. The lowest BCUT2D eigenvalue weighted by Gasteiger charge is -2.26. The molecule has 0 bridgehead atoms. The highest BCUT2D eigenvalue weighted by molar-refractivity contribution is 6.02. The Bertz CT molecular complexity index is 1500. The lowest BCUT2D eigenvalue weighted by Crippen LogP contribution is -2.29. The Balaban J connectivity index is 1.60. The van der Waals surface area contributed by atoms with Crippen molar-refractivity contribution in [2.75, 3.05) is 68.5 Å². The maximum absolute atomic E-state index is 12.7. The highest BCUT2D eigenvalue weighted by Crippen LogP contribution is 2.39. The summed E-state index contributed by atoms with van der Waals surface area (Å²) in [6, 6.07) is 12.7. The van der Waals surface area contributed by atoms with Crippen LogP contribution in [0, 0.1) is 0 Å². The lowest BCUT2D eigenvalue weighted by molar-refractivity contribution is -0.111. The molecule has 1 aliphatic rings. The molecule has 1 aliphatic heterocycles. The maximum Gasteiger partial charge on any atom is 0.338 e. The fourth-order valence-corrected chi connectivity index (χ4v) is 4.78. The minimum absolute atomic E-state index is 0.160. The molecule has 2 aromatic carbocycles. The summed E-state index contributed by atoms with van der Waals surface area (Å²) in [4.78, 5) is 44.1. The molecule has 1 aromatic heterocycles. The average molecular weight is 618 g/mol. The number of hydrogen-bond donors (Lipinski definition) is 2. The third kappa shape index (κ3) is 8.49. The van der Waals surface area contributed by atoms with Crippen LogP contribution in [-0.4, -0.2) is 80.8 Å². The predicted octanol–water partition coefficient (Wildman–Crippen LogP) is 5.19. The molecule has 0 radical (unpaired) electrons. The second-order valence-corrected chi connectivity index (χ2v) is 11.1. The first kappa shape index (κ1) is 33.2. The molecule has 2 atom stereocenters. The van der Waals surface area contributed by atoms with Crippen LogP contribution in [0.1, 0.15) is 48.7 Å². The summed E-state index contributed by atoms with van der Waals surface area (Å²) in [5.41, 5.74) is 3.39. The highest BCUT2D eigenvalue weighted by Gasteiger charge is 2.30. The standard InChI is InChI=1S/C33H43N7O5/c1-8-22(3)45-33(42)24-12-10-11-23(17-24)27-13-16-44-40(27)31-20-30(34-21-35-31)36-26-18-25(37-32(41)9-2)28(19-29(26)43-7)39(6)15-14-38(4)5/h9-12,17-22,27H,2,8,13-16H2,1,3-7H3,(H,37,41)(H,34,35,36). The molecule has 3 aromatic rings. The van der Waals surface area contributed by atoms with E-state index in [9.17, 15) is 9.59 Å². The number of methoxy groups -OCH3 is 1. The van der Waals surface area contributed by atoms with Crippen LogP contribution in [0.3, 0.4) is 0 Å². The van der Waals surface area contributed by atoms with E-state index in [1.54, 1.807) is 24.3 Å². The second kappa shape index (κ2) is 15.4. The van der Waals surface area contributed by atoms with E-state index in [-0.39, 0.29) is 24.0 Å². The van der Waals surface area contributed by atoms with Crippen molar-refractivity contribution in [2.45, 2.75) is 38.8 Å². The van der Waals surface area contributed by atoms with Gasteiger partial charge < -0.3 is 29.9 Å². The summed E-state index contributed by atoms with van der Waals surface area (Å²) < 4.78 is 11.3. The molecule has 240 valence electrons. The van der Waals surface area contributed by atoms with Crippen molar-refractivity contribution < 1.29 is 23.9 Å². The van der Waals surface area contributed by atoms with Crippen LogP contribution in [0.25, 0.3) is 0 Å². The molecule has 2 heterocycles. The normalized spacial score (nSPS) is 15.0. The largest absolute Gasteiger partial charge is 0.494 e. The summed E-state index contributed by atoms with van der Waals surface area (Å²) in [7, 11) is 7.57. The molecule has 0 aliphatic carbocycles. The van der Waals surface area contributed by atoms with E-state index < -0.39 is 0 Å². The Morgan fingerprint density at radius 2 is 1.96 bits per heavy atom. The Hall–Kier alpha value is -4.68. The van der Waals surface area contributed by atoms with E-state index in [0.29, 0.717) is 47.4 Å². The molecule has 0 spiro atoms. The third-order valence-corrected chi connectivity index (χ3v) is 7.49. The number of ether oxygens (including phenoxy) is 2. The van der Waals surface area contributed by atoms with E-state index in [2.05, 4.69) is 37.0 Å². The smallest absolute Gasteiger partial charge is 0.338 e. The minimum atomic E-state index is -0.349. The minimum Gasteiger partial charge on any atom is -0.494 e. The Labute approximate surface area is 264 Å². The molecular formula is C33H43N7O5. The van der Waals surface area contributed by atoms with Crippen LogP contribution < -0.4 is 25.3 Å². The van der Waals surface area contributed by atoms with Gasteiger partial charge in [0, 0.05) is 38.7 Å².